The molecule has 0 bridgehead atoms. The Morgan fingerprint density at radius 2 is 2.05 bits per heavy atom. The van der Waals surface area contributed by atoms with Crippen LogP contribution in [0.5, 0.6) is 0 Å². The number of hydrogen-bond donors (Lipinski definition) is 1. The second-order valence-corrected chi connectivity index (χ2v) is 5.93. The van der Waals surface area contributed by atoms with Crippen molar-refractivity contribution < 1.29 is 9.84 Å². The van der Waals surface area contributed by atoms with Crippen molar-refractivity contribution >= 4 is 0 Å². The van der Waals surface area contributed by atoms with Gasteiger partial charge in [-0.1, -0.05) is 37.6 Å². The van der Waals surface area contributed by atoms with Gasteiger partial charge < -0.3 is 9.84 Å². The lowest BCUT2D eigenvalue weighted by atomic mass is 9.98. The summed E-state index contributed by atoms with van der Waals surface area (Å²) in [7, 11) is 0. The van der Waals surface area contributed by atoms with Gasteiger partial charge in [-0.2, -0.15) is 0 Å². The number of aliphatic hydroxyl groups is 1. The smallest absolute Gasteiger partial charge is 0.0791 e. The van der Waals surface area contributed by atoms with Gasteiger partial charge in [-0.3, -0.25) is 0 Å². The molecule has 0 saturated carbocycles. The standard InChI is InChI=1S/C18H28O2/c1-2-3-6-15-8-10-16(11-9-15)18(19)13-12-17-7-4-5-14-20-17/h8-11,17-19H,2-7,12-14H2,1H3. The largest absolute Gasteiger partial charge is 0.388 e. The van der Waals surface area contributed by atoms with Gasteiger partial charge in [0.25, 0.3) is 0 Å². The van der Waals surface area contributed by atoms with Crippen molar-refractivity contribution in [3.63, 3.8) is 0 Å². The summed E-state index contributed by atoms with van der Waals surface area (Å²) in [6.45, 7) is 3.11. The molecule has 1 fully saturated rings. The highest BCUT2D eigenvalue weighted by Crippen LogP contribution is 2.24. The SMILES string of the molecule is CCCCc1ccc(C(O)CCC2CCCCO2)cc1. The van der Waals surface area contributed by atoms with E-state index in [9.17, 15) is 5.11 Å². The highest BCUT2D eigenvalue weighted by Gasteiger charge is 2.16. The fourth-order valence-electron chi connectivity index (χ4n) is 2.83. The summed E-state index contributed by atoms with van der Waals surface area (Å²) in [5.74, 6) is 0. The Hall–Kier alpha value is -0.860. The molecule has 1 aromatic rings. The van der Waals surface area contributed by atoms with Crippen LogP contribution in [0.2, 0.25) is 0 Å². The molecule has 2 nitrogen and oxygen atoms in total. The molecule has 20 heavy (non-hydrogen) atoms. The molecule has 0 aliphatic carbocycles. The molecule has 0 radical (unpaired) electrons. The van der Waals surface area contributed by atoms with Crippen molar-refractivity contribution in [2.75, 3.05) is 6.61 Å². The zero-order valence-corrected chi connectivity index (χ0v) is 12.7. The van der Waals surface area contributed by atoms with Crippen LogP contribution < -0.4 is 0 Å². The number of aliphatic hydroxyl groups excluding tert-OH is 1. The third kappa shape index (κ3) is 4.92. The minimum Gasteiger partial charge on any atom is -0.388 e. The van der Waals surface area contributed by atoms with Crippen molar-refractivity contribution in [2.45, 2.75) is 70.5 Å². The summed E-state index contributed by atoms with van der Waals surface area (Å²) < 4.78 is 5.72. The fourth-order valence-corrected chi connectivity index (χ4v) is 2.83. The summed E-state index contributed by atoms with van der Waals surface area (Å²) >= 11 is 0. The Labute approximate surface area is 123 Å². The number of hydrogen-bond acceptors (Lipinski definition) is 2. The Bertz CT molecular complexity index is 366. The molecule has 112 valence electrons. The van der Waals surface area contributed by atoms with Gasteiger partial charge in [-0.15, -0.1) is 0 Å². The number of ether oxygens (including phenoxy) is 1. The van der Waals surface area contributed by atoms with Crippen LogP contribution in [0.15, 0.2) is 24.3 Å². The van der Waals surface area contributed by atoms with E-state index in [1.807, 2.05) is 0 Å². The number of aryl methyl sites for hydroxylation is 1. The Balaban J connectivity index is 1.77. The molecule has 2 heteroatoms. The number of rotatable bonds is 7. The Morgan fingerprint density at radius 1 is 1.25 bits per heavy atom. The van der Waals surface area contributed by atoms with E-state index in [1.54, 1.807) is 0 Å². The lowest BCUT2D eigenvalue weighted by molar-refractivity contribution is 0.00213. The van der Waals surface area contributed by atoms with Gasteiger partial charge in [0.05, 0.1) is 12.2 Å². The molecular weight excluding hydrogens is 248 g/mol. The lowest BCUT2D eigenvalue weighted by Gasteiger charge is -2.23. The van der Waals surface area contributed by atoms with Crippen LogP contribution in [0.25, 0.3) is 0 Å². The second kappa shape index (κ2) is 8.43. The molecule has 0 aromatic heterocycles. The average Bonchev–Trinajstić information content (AvgIpc) is 2.52. The van der Waals surface area contributed by atoms with Crippen molar-refractivity contribution in [1.82, 2.24) is 0 Å². The van der Waals surface area contributed by atoms with Crippen LogP contribution >= 0.6 is 0 Å². The van der Waals surface area contributed by atoms with Crippen molar-refractivity contribution in [2.24, 2.45) is 0 Å². The topological polar surface area (TPSA) is 29.5 Å². The summed E-state index contributed by atoms with van der Waals surface area (Å²) in [5, 5.41) is 10.3. The molecule has 1 N–H and O–H groups in total. The van der Waals surface area contributed by atoms with E-state index in [0.717, 1.165) is 37.9 Å². The van der Waals surface area contributed by atoms with E-state index in [-0.39, 0.29) is 6.10 Å². The Morgan fingerprint density at radius 3 is 2.70 bits per heavy atom. The van der Waals surface area contributed by atoms with Crippen LogP contribution in [0.1, 0.15) is 69.1 Å². The first-order valence-electron chi connectivity index (χ1n) is 8.18. The van der Waals surface area contributed by atoms with Gasteiger partial charge in [0.2, 0.25) is 0 Å². The fraction of sp³-hybridized carbons (Fsp3) is 0.667. The van der Waals surface area contributed by atoms with Crippen LogP contribution in [-0.4, -0.2) is 17.8 Å². The van der Waals surface area contributed by atoms with Crippen molar-refractivity contribution in [1.29, 1.82) is 0 Å². The zero-order valence-electron chi connectivity index (χ0n) is 12.7. The van der Waals surface area contributed by atoms with Crippen LogP contribution in [0, 0.1) is 0 Å². The maximum atomic E-state index is 10.3. The first-order chi connectivity index (χ1) is 9.79. The van der Waals surface area contributed by atoms with Gasteiger partial charge >= 0.3 is 0 Å². The van der Waals surface area contributed by atoms with Crippen LogP contribution in [0.4, 0.5) is 0 Å². The molecule has 1 aromatic carbocycles. The predicted molar refractivity (Wildman–Crippen MR) is 82.8 cm³/mol. The summed E-state index contributed by atoms with van der Waals surface area (Å²) in [6.07, 6.45) is 9.02. The molecule has 2 rings (SSSR count). The van der Waals surface area contributed by atoms with Gasteiger partial charge in [0.15, 0.2) is 0 Å². The quantitative estimate of drug-likeness (QED) is 0.799. The highest BCUT2D eigenvalue weighted by atomic mass is 16.5. The van der Waals surface area contributed by atoms with Gasteiger partial charge in [-0.05, 0) is 56.1 Å². The van der Waals surface area contributed by atoms with Crippen molar-refractivity contribution in [3.8, 4) is 0 Å². The third-order valence-electron chi connectivity index (χ3n) is 4.22. The molecule has 1 heterocycles. The average molecular weight is 276 g/mol. The number of benzene rings is 1. The van der Waals surface area contributed by atoms with Crippen LogP contribution in [0.3, 0.4) is 0 Å². The van der Waals surface area contributed by atoms with E-state index in [4.69, 9.17) is 4.74 Å². The maximum absolute atomic E-state index is 10.3. The van der Waals surface area contributed by atoms with E-state index in [0.29, 0.717) is 6.10 Å². The van der Waals surface area contributed by atoms with E-state index >= 15 is 0 Å². The third-order valence-corrected chi connectivity index (χ3v) is 4.22. The normalized spacial score (nSPS) is 20.8. The summed E-state index contributed by atoms with van der Waals surface area (Å²) in [5.41, 5.74) is 2.42. The molecule has 0 amide bonds. The monoisotopic (exact) mass is 276 g/mol. The first-order valence-corrected chi connectivity index (χ1v) is 8.18. The molecule has 1 aliphatic heterocycles. The summed E-state index contributed by atoms with van der Waals surface area (Å²) in [6, 6.07) is 8.48. The van der Waals surface area contributed by atoms with E-state index in [2.05, 4.69) is 31.2 Å². The molecular formula is C18H28O2. The second-order valence-electron chi connectivity index (χ2n) is 5.93. The molecule has 0 spiro atoms. The van der Waals surface area contributed by atoms with E-state index < -0.39 is 0 Å². The minimum absolute atomic E-state index is 0.347. The number of unbranched alkanes of at least 4 members (excludes halogenated alkanes) is 1. The Kier molecular flexibility index (Phi) is 6.55. The minimum atomic E-state index is -0.347. The van der Waals surface area contributed by atoms with Gasteiger partial charge in [0, 0.05) is 6.61 Å². The summed E-state index contributed by atoms with van der Waals surface area (Å²) in [4.78, 5) is 0. The zero-order chi connectivity index (χ0) is 14.2. The molecule has 1 saturated heterocycles. The highest BCUT2D eigenvalue weighted by molar-refractivity contribution is 5.24. The molecule has 1 aliphatic rings. The van der Waals surface area contributed by atoms with Crippen LogP contribution in [-0.2, 0) is 11.2 Å². The lowest BCUT2D eigenvalue weighted by Crippen LogP contribution is -2.19. The molecule has 2 unspecified atom stereocenters. The first kappa shape index (κ1) is 15.5. The van der Waals surface area contributed by atoms with Gasteiger partial charge in [0.1, 0.15) is 0 Å². The van der Waals surface area contributed by atoms with Gasteiger partial charge in [-0.25, -0.2) is 0 Å². The maximum Gasteiger partial charge on any atom is 0.0791 e. The molecule has 2 atom stereocenters. The van der Waals surface area contributed by atoms with E-state index in [1.165, 1.54) is 31.2 Å². The predicted octanol–water partition coefficient (Wildman–Crippen LogP) is 4.41. The van der Waals surface area contributed by atoms with Crippen molar-refractivity contribution in [3.05, 3.63) is 35.4 Å².